The maximum absolute atomic E-state index is 12.8. The van der Waals surface area contributed by atoms with Crippen LogP contribution in [0.4, 0.5) is 11.4 Å². The molecule has 0 aliphatic carbocycles. The van der Waals surface area contributed by atoms with Crippen molar-refractivity contribution in [3.63, 3.8) is 0 Å². The van der Waals surface area contributed by atoms with E-state index >= 15 is 0 Å². The summed E-state index contributed by atoms with van der Waals surface area (Å²) in [6, 6.07) is 11.1. The van der Waals surface area contributed by atoms with Gasteiger partial charge in [0.25, 0.3) is 5.69 Å². The topological polar surface area (TPSA) is 95.8 Å². The fraction of sp³-hybridized carbons (Fsp3) is 0.333. The minimum Gasteiger partial charge on any atom is -0.375 e. The highest BCUT2D eigenvalue weighted by Crippen LogP contribution is 2.29. The van der Waals surface area contributed by atoms with E-state index in [-0.39, 0.29) is 16.3 Å². The van der Waals surface area contributed by atoms with E-state index in [1.54, 1.807) is 12.1 Å². The Morgan fingerprint density at radius 3 is 2.36 bits per heavy atom. The quantitative estimate of drug-likeness (QED) is 0.565. The van der Waals surface area contributed by atoms with Crippen LogP contribution < -0.4 is 5.32 Å². The Kier molecular flexibility index (Phi) is 6.19. The number of likely N-dealkylation sites (N-methyl/N-ethyl adjacent to an activating group) is 1. The van der Waals surface area contributed by atoms with Gasteiger partial charge in [-0.1, -0.05) is 23.7 Å². The normalized spacial score (nSPS) is 16.1. The Hall–Kier alpha value is -2.20. The number of hydrogen-bond acceptors (Lipinski definition) is 6. The van der Waals surface area contributed by atoms with Crippen LogP contribution in [0.2, 0.25) is 5.02 Å². The SMILES string of the molecule is CN1CCN(S(=O)(=O)c2ccc(NCc3ccc(Cl)cc3)c([N+](=O)[O-])c2)CC1. The molecule has 28 heavy (non-hydrogen) atoms. The maximum Gasteiger partial charge on any atom is 0.293 e. The lowest BCUT2D eigenvalue weighted by Crippen LogP contribution is -2.47. The number of piperazine rings is 1. The lowest BCUT2D eigenvalue weighted by Gasteiger charge is -2.31. The zero-order valence-corrected chi connectivity index (χ0v) is 16.9. The zero-order valence-electron chi connectivity index (χ0n) is 15.3. The van der Waals surface area contributed by atoms with Crippen LogP contribution in [0.3, 0.4) is 0 Å². The number of anilines is 1. The van der Waals surface area contributed by atoms with Gasteiger partial charge < -0.3 is 10.2 Å². The van der Waals surface area contributed by atoms with Crippen LogP contribution in [-0.2, 0) is 16.6 Å². The number of nitrogens with one attached hydrogen (secondary N) is 1. The van der Waals surface area contributed by atoms with E-state index in [2.05, 4.69) is 5.32 Å². The van der Waals surface area contributed by atoms with E-state index in [1.807, 2.05) is 24.1 Å². The van der Waals surface area contributed by atoms with Crippen molar-refractivity contribution >= 4 is 33.0 Å². The molecule has 1 aliphatic heterocycles. The molecule has 8 nitrogen and oxygen atoms in total. The average molecular weight is 425 g/mol. The summed E-state index contributed by atoms with van der Waals surface area (Å²) >= 11 is 5.85. The standard InChI is InChI=1S/C18H21ClN4O4S/c1-21-8-10-22(11-9-21)28(26,27)16-6-7-17(18(12-16)23(24)25)20-13-14-2-4-15(19)5-3-14/h2-7,12,20H,8-11,13H2,1H3. The van der Waals surface area contributed by atoms with Gasteiger partial charge in [0.1, 0.15) is 5.69 Å². The van der Waals surface area contributed by atoms with Gasteiger partial charge in [-0.2, -0.15) is 4.31 Å². The van der Waals surface area contributed by atoms with E-state index in [4.69, 9.17) is 11.6 Å². The van der Waals surface area contributed by atoms with Gasteiger partial charge in [0, 0.05) is 43.8 Å². The van der Waals surface area contributed by atoms with Gasteiger partial charge in [-0.25, -0.2) is 8.42 Å². The lowest BCUT2D eigenvalue weighted by atomic mass is 10.2. The molecule has 0 unspecified atom stereocenters. The molecule has 0 atom stereocenters. The van der Waals surface area contributed by atoms with E-state index < -0.39 is 14.9 Å². The summed E-state index contributed by atoms with van der Waals surface area (Å²) in [7, 11) is -1.84. The molecule has 3 rings (SSSR count). The molecular formula is C18H21ClN4O4S. The third-order valence-electron chi connectivity index (χ3n) is 4.66. The third kappa shape index (κ3) is 4.61. The molecule has 1 N–H and O–H groups in total. The van der Waals surface area contributed by atoms with Crippen molar-refractivity contribution in [2.24, 2.45) is 0 Å². The van der Waals surface area contributed by atoms with Crippen LogP contribution in [0.15, 0.2) is 47.4 Å². The summed E-state index contributed by atoms with van der Waals surface area (Å²) < 4.78 is 27.1. The van der Waals surface area contributed by atoms with Crippen LogP contribution in [0.25, 0.3) is 0 Å². The second-order valence-electron chi connectivity index (χ2n) is 6.62. The van der Waals surface area contributed by atoms with Crippen molar-refractivity contribution < 1.29 is 13.3 Å². The number of nitrogens with zero attached hydrogens (tertiary/aromatic N) is 3. The Bertz CT molecular complexity index is 958. The Morgan fingerprint density at radius 2 is 1.75 bits per heavy atom. The first-order valence-corrected chi connectivity index (χ1v) is 10.5. The first-order chi connectivity index (χ1) is 13.3. The molecule has 10 heteroatoms. The van der Waals surface area contributed by atoms with Gasteiger partial charge in [-0.3, -0.25) is 10.1 Å². The van der Waals surface area contributed by atoms with E-state index in [0.29, 0.717) is 37.7 Å². The van der Waals surface area contributed by atoms with Crippen molar-refractivity contribution in [3.8, 4) is 0 Å². The average Bonchev–Trinajstić information content (AvgIpc) is 2.67. The Morgan fingerprint density at radius 1 is 1.11 bits per heavy atom. The summed E-state index contributed by atoms with van der Waals surface area (Å²) in [6.07, 6.45) is 0. The molecule has 2 aromatic rings. The second kappa shape index (κ2) is 8.44. The zero-order chi connectivity index (χ0) is 20.3. The monoisotopic (exact) mass is 424 g/mol. The van der Waals surface area contributed by atoms with Crippen LogP contribution >= 0.6 is 11.6 Å². The molecular weight excluding hydrogens is 404 g/mol. The highest BCUT2D eigenvalue weighted by Gasteiger charge is 2.29. The number of nitro groups is 1. The maximum atomic E-state index is 12.8. The first-order valence-electron chi connectivity index (χ1n) is 8.73. The minimum atomic E-state index is -3.77. The highest BCUT2D eigenvalue weighted by molar-refractivity contribution is 7.89. The van der Waals surface area contributed by atoms with Crippen molar-refractivity contribution in [3.05, 3.63) is 63.2 Å². The van der Waals surface area contributed by atoms with Crippen LogP contribution in [-0.4, -0.2) is 55.8 Å². The summed E-state index contributed by atoms with van der Waals surface area (Å²) in [4.78, 5) is 12.9. The number of benzene rings is 2. The summed E-state index contributed by atoms with van der Waals surface area (Å²) in [6.45, 7) is 2.33. The number of sulfonamides is 1. The highest BCUT2D eigenvalue weighted by atomic mass is 35.5. The molecule has 0 bridgehead atoms. The van der Waals surface area contributed by atoms with Gasteiger partial charge in [0.15, 0.2) is 0 Å². The number of rotatable bonds is 6. The predicted octanol–water partition coefficient (Wildman–Crippen LogP) is 2.80. The predicted molar refractivity (Wildman–Crippen MR) is 108 cm³/mol. The van der Waals surface area contributed by atoms with Crippen LogP contribution in [0.1, 0.15) is 5.56 Å². The van der Waals surface area contributed by atoms with Crippen molar-refractivity contribution in [1.82, 2.24) is 9.21 Å². The Balaban J connectivity index is 1.82. The van der Waals surface area contributed by atoms with Gasteiger partial charge in [-0.05, 0) is 36.9 Å². The fourth-order valence-corrected chi connectivity index (χ4v) is 4.52. The number of nitro benzene ring substituents is 1. The third-order valence-corrected chi connectivity index (χ3v) is 6.81. The molecule has 0 aromatic heterocycles. The number of hydrogen-bond donors (Lipinski definition) is 1. The molecule has 0 amide bonds. The molecule has 1 aliphatic rings. The summed E-state index contributed by atoms with van der Waals surface area (Å²) in [5.41, 5.74) is 0.884. The molecule has 0 radical (unpaired) electrons. The fourth-order valence-electron chi connectivity index (χ4n) is 2.95. The molecule has 1 saturated heterocycles. The molecule has 150 valence electrons. The van der Waals surface area contributed by atoms with E-state index in [0.717, 1.165) is 11.6 Å². The van der Waals surface area contributed by atoms with Gasteiger partial charge in [0.2, 0.25) is 10.0 Å². The second-order valence-corrected chi connectivity index (χ2v) is 9.00. The van der Waals surface area contributed by atoms with Crippen molar-refractivity contribution in [2.45, 2.75) is 11.4 Å². The largest absolute Gasteiger partial charge is 0.375 e. The molecule has 1 heterocycles. The summed E-state index contributed by atoms with van der Waals surface area (Å²) in [5, 5.41) is 15.1. The van der Waals surface area contributed by atoms with E-state index in [1.165, 1.54) is 16.4 Å². The van der Waals surface area contributed by atoms with Gasteiger partial charge in [0.05, 0.1) is 9.82 Å². The lowest BCUT2D eigenvalue weighted by molar-refractivity contribution is -0.384. The molecule has 0 spiro atoms. The van der Waals surface area contributed by atoms with Gasteiger partial charge >= 0.3 is 0 Å². The first kappa shape index (κ1) is 20.5. The Labute approximate surface area is 168 Å². The van der Waals surface area contributed by atoms with Crippen molar-refractivity contribution in [1.29, 1.82) is 0 Å². The smallest absolute Gasteiger partial charge is 0.293 e. The molecule has 0 saturated carbocycles. The van der Waals surface area contributed by atoms with Gasteiger partial charge in [-0.15, -0.1) is 0 Å². The molecule has 2 aromatic carbocycles. The van der Waals surface area contributed by atoms with Crippen LogP contribution in [0, 0.1) is 10.1 Å². The number of halogens is 1. The molecule has 1 fully saturated rings. The van der Waals surface area contributed by atoms with Crippen molar-refractivity contribution in [2.75, 3.05) is 38.5 Å². The van der Waals surface area contributed by atoms with Crippen LogP contribution in [0.5, 0.6) is 0 Å². The summed E-state index contributed by atoms with van der Waals surface area (Å²) in [5.74, 6) is 0. The minimum absolute atomic E-state index is 0.0687. The van der Waals surface area contributed by atoms with E-state index in [9.17, 15) is 18.5 Å².